The van der Waals surface area contributed by atoms with Crippen molar-refractivity contribution in [1.82, 2.24) is 52.8 Å². The molecule has 0 saturated carbocycles. The molecule has 1 heterocycles. The Kier molecular flexibility index (Phi) is 30.7. The minimum Gasteiger partial charge on any atom is -0.508 e. The van der Waals surface area contributed by atoms with Gasteiger partial charge in [-0.1, -0.05) is 109 Å². The molecule has 102 heavy (non-hydrogen) atoms. The van der Waals surface area contributed by atoms with E-state index >= 15 is 0 Å². The number of guanidine groups is 2. The van der Waals surface area contributed by atoms with Gasteiger partial charge in [-0.05, 0) is 97.9 Å². The van der Waals surface area contributed by atoms with E-state index in [1.165, 1.54) is 36.3 Å². The summed E-state index contributed by atoms with van der Waals surface area (Å²) in [5, 5.41) is 48.4. The number of likely N-dealkylation sites (tertiary alicyclic amines) is 1. The van der Waals surface area contributed by atoms with Crippen LogP contribution in [0.1, 0.15) is 96.0 Å². The fraction of sp³-hybridized carbons (Fsp3) is 0.371. The summed E-state index contributed by atoms with van der Waals surface area (Å²) in [7, 11) is 1.47. The van der Waals surface area contributed by atoms with Crippen molar-refractivity contribution >= 4 is 82.7 Å². The molecule has 544 valence electrons. The van der Waals surface area contributed by atoms with Crippen LogP contribution < -0.4 is 87.0 Å². The topological polar surface area (TPSA) is 550 Å². The number of nitrogens with one attached hydrogen (secondary N) is 11. The first-order chi connectivity index (χ1) is 48.7. The number of carbonyl (C=O) groups excluding carboxylic acids is 12. The van der Waals surface area contributed by atoms with Gasteiger partial charge in [-0.25, -0.2) is 0 Å². The van der Waals surface area contributed by atoms with Gasteiger partial charge in [-0.15, -0.1) is 0 Å². The first-order valence-corrected chi connectivity index (χ1v) is 33.0. The largest absolute Gasteiger partial charge is 0.508 e. The smallest absolute Gasteiger partial charge is 0.245 e. The van der Waals surface area contributed by atoms with Gasteiger partial charge in [-0.2, -0.15) is 0 Å². The number of ether oxygens (including phenoxy) is 1. The van der Waals surface area contributed by atoms with Crippen LogP contribution in [0.15, 0.2) is 133 Å². The highest BCUT2D eigenvalue weighted by molar-refractivity contribution is 6.09. The van der Waals surface area contributed by atoms with Crippen molar-refractivity contribution in [3.05, 3.63) is 167 Å². The van der Waals surface area contributed by atoms with Crippen LogP contribution in [0.5, 0.6) is 11.5 Å². The van der Waals surface area contributed by atoms with Gasteiger partial charge < -0.3 is 97.0 Å². The number of amides is 11. The standard InChI is InChI=1S/C70H90N18O14/c1-102-47-28-22-43(23-29-47)38-53(85-61(94)48(71)35-41-18-24-45(25-19-41)59(92)44-13-6-3-7-14-44)65(98)86-54(37-40-11-4-2-5-12-40)64(97)81-50(30-31-57(72)90)63(96)87-55(39-58(73)91)66(99)83-51(16-9-33-80-70(77)78)68(101)88-34-10-17-56(88)67(100)82-49(15-8-32-79-69(75)76)62(95)84-52(60(74)93)36-42-20-26-46(89)27-21-42/h2-7,11-14,18-29,48-56,89H,8-10,15-17,30-39,71H2,1H3,(H2,72,90)(H2,73,91)(H2,74,93)(H,81,97)(H,82,100)(H,83,99)(H,84,95)(H,85,94)(H,86,98)(H,87,96)(H4,75,76,79)(H4,77,78,80)/t48?,49-,50-,51-,52-,53+,54-,55-,56-/m0/s1. The van der Waals surface area contributed by atoms with E-state index in [1.54, 1.807) is 109 Å². The molecular weight excluding hydrogens is 1320 g/mol. The second kappa shape index (κ2) is 39.6. The molecule has 0 spiro atoms. The highest BCUT2D eigenvalue weighted by atomic mass is 16.5. The van der Waals surface area contributed by atoms with Crippen molar-refractivity contribution in [2.24, 2.45) is 34.4 Å². The van der Waals surface area contributed by atoms with Crippen molar-refractivity contribution in [1.29, 1.82) is 10.8 Å². The average Bonchev–Trinajstić information content (AvgIpc) is 1.40. The third-order valence-corrected chi connectivity index (χ3v) is 16.6. The van der Waals surface area contributed by atoms with Crippen LogP contribution in [0.2, 0.25) is 0 Å². The number of nitrogens with zero attached hydrogens (tertiary/aromatic N) is 1. The average molecular weight is 1410 g/mol. The molecule has 6 rings (SSSR count). The molecular formula is C70H90N18O14. The van der Waals surface area contributed by atoms with E-state index in [9.17, 15) is 62.6 Å². The summed E-state index contributed by atoms with van der Waals surface area (Å²) in [6.45, 7) is 0.0638. The molecule has 24 N–H and O–H groups in total. The number of nitrogens with two attached hydrogens (primary N) is 6. The lowest BCUT2D eigenvalue weighted by Crippen LogP contribution is -2.61. The number of aromatic hydroxyl groups is 1. The van der Waals surface area contributed by atoms with Crippen molar-refractivity contribution in [3.8, 4) is 11.5 Å². The van der Waals surface area contributed by atoms with Gasteiger partial charge in [0.25, 0.3) is 0 Å². The van der Waals surface area contributed by atoms with Crippen LogP contribution in [0.25, 0.3) is 0 Å². The fourth-order valence-electron chi connectivity index (χ4n) is 11.2. The molecule has 5 aromatic carbocycles. The molecule has 32 nitrogen and oxygen atoms in total. The molecule has 1 aliphatic rings. The van der Waals surface area contributed by atoms with Crippen LogP contribution in [0.3, 0.4) is 0 Å². The first-order valence-electron chi connectivity index (χ1n) is 33.0. The molecule has 5 aromatic rings. The highest BCUT2D eigenvalue weighted by Gasteiger charge is 2.41. The Morgan fingerprint density at radius 2 is 0.922 bits per heavy atom. The summed E-state index contributed by atoms with van der Waals surface area (Å²) in [6, 6.07) is 22.8. The van der Waals surface area contributed by atoms with E-state index in [0.29, 0.717) is 39.1 Å². The SMILES string of the molecule is COc1ccc(C[C@@H](NC(=O)C(N)Cc2ccc(C(=O)c3ccccc3)cc2)C(=O)N[C@@H](Cc2ccccc2)C(=O)N[C@@H](CCC(N)=O)C(=O)N[C@@H](CC(N)=O)C(=O)N[C@@H](CCCNC(=N)N)C(=O)N2CCC[C@H]2C(=O)N[C@@H](CCCNC(=N)N)C(=O)N[C@@H](Cc2ccc(O)cc2)C(N)=O)cc1. The Labute approximate surface area is 588 Å². The number of hydrogen-bond acceptors (Lipinski definition) is 17. The zero-order valence-electron chi connectivity index (χ0n) is 56.4. The molecule has 0 radical (unpaired) electrons. The minimum atomic E-state index is -1.89. The van der Waals surface area contributed by atoms with Crippen LogP contribution in [0, 0.1) is 10.8 Å². The molecule has 1 aliphatic heterocycles. The van der Waals surface area contributed by atoms with Gasteiger partial charge in [0.2, 0.25) is 65.0 Å². The minimum absolute atomic E-state index is 0.00507. The van der Waals surface area contributed by atoms with E-state index in [2.05, 4.69) is 47.9 Å². The maximum Gasteiger partial charge on any atom is 0.245 e. The van der Waals surface area contributed by atoms with E-state index in [4.69, 9.17) is 50.0 Å². The number of hydrogen-bond donors (Lipinski definition) is 18. The number of methoxy groups -OCH3 is 1. The second-order valence-electron chi connectivity index (χ2n) is 24.5. The molecule has 0 bridgehead atoms. The summed E-state index contributed by atoms with van der Waals surface area (Å²) >= 11 is 0. The summed E-state index contributed by atoms with van der Waals surface area (Å²) in [5.74, 6) is -10.9. The predicted molar refractivity (Wildman–Crippen MR) is 375 cm³/mol. The lowest BCUT2D eigenvalue weighted by Gasteiger charge is -2.31. The molecule has 0 aliphatic carbocycles. The molecule has 1 fully saturated rings. The monoisotopic (exact) mass is 1410 g/mol. The van der Waals surface area contributed by atoms with Crippen LogP contribution in [0.4, 0.5) is 0 Å². The number of ketones is 1. The van der Waals surface area contributed by atoms with Gasteiger partial charge in [0.05, 0.1) is 19.6 Å². The Bertz CT molecular complexity index is 3760. The highest BCUT2D eigenvalue weighted by Crippen LogP contribution is 2.22. The van der Waals surface area contributed by atoms with Gasteiger partial charge in [0.1, 0.15) is 59.8 Å². The third-order valence-electron chi connectivity index (χ3n) is 16.6. The summed E-state index contributed by atoms with van der Waals surface area (Å²) in [4.78, 5) is 168. The number of benzene rings is 5. The second-order valence-corrected chi connectivity index (χ2v) is 24.5. The third kappa shape index (κ3) is 25.7. The number of phenolic OH excluding ortho intramolecular Hbond substituents is 1. The quantitative estimate of drug-likeness (QED) is 0.00854. The van der Waals surface area contributed by atoms with Crippen molar-refractivity contribution in [3.63, 3.8) is 0 Å². The van der Waals surface area contributed by atoms with Crippen molar-refractivity contribution in [2.45, 2.75) is 138 Å². The zero-order valence-corrected chi connectivity index (χ0v) is 56.4. The zero-order chi connectivity index (χ0) is 74.4. The summed E-state index contributed by atoms with van der Waals surface area (Å²) in [5.41, 5.74) is 37.5. The fourth-order valence-corrected chi connectivity index (χ4v) is 11.2. The molecule has 11 amide bonds. The van der Waals surface area contributed by atoms with Crippen LogP contribution >= 0.6 is 0 Å². The van der Waals surface area contributed by atoms with Crippen LogP contribution in [-0.4, -0.2) is 174 Å². The number of primary amides is 3. The Hall–Kier alpha value is -12.0. The van der Waals surface area contributed by atoms with Gasteiger partial charge in [-0.3, -0.25) is 68.4 Å². The molecule has 1 unspecified atom stereocenters. The van der Waals surface area contributed by atoms with Crippen molar-refractivity contribution < 1.29 is 67.4 Å². The molecule has 9 atom stereocenters. The Balaban J connectivity index is 1.22. The number of carbonyl (C=O) groups is 12. The predicted octanol–water partition coefficient (Wildman–Crippen LogP) is -2.23. The van der Waals surface area contributed by atoms with Gasteiger partial charge in [0.15, 0.2) is 17.7 Å². The van der Waals surface area contributed by atoms with Gasteiger partial charge in [0, 0.05) is 56.4 Å². The molecule has 0 aromatic heterocycles. The number of phenols is 1. The maximum atomic E-state index is 14.8. The normalized spacial score (nSPS) is 14.7. The van der Waals surface area contributed by atoms with Crippen LogP contribution in [-0.2, 0) is 78.4 Å². The Morgan fingerprint density at radius 3 is 1.46 bits per heavy atom. The molecule has 1 saturated heterocycles. The summed E-state index contributed by atoms with van der Waals surface area (Å²) < 4.78 is 5.32. The Morgan fingerprint density at radius 1 is 0.490 bits per heavy atom. The van der Waals surface area contributed by atoms with E-state index < -0.39 is 145 Å². The number of rotatable bonds is 40. The molecule has 32 heteroatoms. The van der Waals surface area contributed by atoms with E-state index in [0.717, 1.165) is 0 Å². The lowest BCUT2D eigenvalue weighted by atomic mass is 9.99. The van der Waals surface area contributed by atoms with E-state index in [1.807, 2.05) is 0 Å². The van der Waals surface area contributed by atoms with Gasteiger partial charge >= 0.3 is 0 Å². The maximum absolute atomic E-state index is 14.8. The first kappa shape index (κ1) is 79.0. The summed E-state index contributed by atoms with van der Waals surface area (Å²) in [6.07, 6.45) is -2.11. The van der Waals surface area contributed by atoms with E-state index in [-0.39, 0.29) is 101 Å². The van der Waals surface area contributed by atoms with Crippen molar-refractivity contribution in [2.75, 3.05) is 26.7 Å². The lowest BCUT2D eigenvalue weighted by molar-refractivity contribution is -0.143.